The first kappa shape index (κ1) is 8.44. The standard InChI is InChI=1S/C9H9F2NO/c10-8-5(6-3-4-12-6)1-2-7(13)9(8)11/h1-2,6,12-13H,3-4H2/t6-/m0/s1. The van der Waals surface area contributed by atoms with Crippen LogP contribution in [-0.2, 0) is 0 Å². The van der Waals surface area contributed by atoms with Gasteiger partial charge in [0.2, 0.25) is 5.82 Å². The van der Waals surface area contributed by atoms with E-state index in [1.54, 1.807) is 0 Å². The molecule has 1 aromatic rings. The molecule has 1 fully saturated rings. The van der Waals surface area contributed by atoms with E-state index in [9.17, 15) is 8.78 Å². The first-order valence-electron chi connectivity index (χ1n) is 4.10. The van der Waals surface area contributed by atoms with Gasteiger partial charge in [-0.15, -0.1) is 0 Å². The molecule has 0 spiro atoms. The van der Waals surface area contributed by atoms with Crippen LogP contribution >= 0.6 is 0 Å². The third-order valence-electron chi connectivity index (χ3n) is 2.29. The molecule has 1 aliphatic heterocycles. The molecule has 70 valence electrons. The molecule has 0 aliphatic carbocycles. The summed E-state index contributed by atoms with van der Waals surface area (Å²) in [6, 6.07) is 2.48. The monoisotopic (exact) mass is 185 g/mol. The Bertz CT molecular complexity index is 337. The Morgan fingerprint density at radius 2 is 2.00 bits per heavy atom. The Kier molecular flexibility index (Phi) is 1.92. The maximum absolute atomic E-state index is 13.2. The molecule has 2 rings (SSSR count). The van der Waals surface area contributed by atoms with Crippen molar-refractivity contribution in [1.29, 1.82) is 0 Å². The molecular formula is C9H9F2NO. The number of hydrogen-bond acceptors (Lipinski definition) is 2. The first-order chi connectivity index (χ1) is 6.20. The fraction of sp³-hybridized carbons (Fsp3) is 0.333. The zero-order valence-electron chi connectivity index (χ0n) is 6.85. The van der Waals surface area contributed by atoms with Crippen molar-refractivity contribution in [2.24, 2.45) is 0 Å². The molecule has 0 saturated carbocycles. The Hall–Kier alpha value is -1.16. The van der Waals surface area contributed by atoms with Crippen molar-refractivity contribution in [2.45, 2.75) is 12.5 Å². The second-order valence-electron chi connectivity index (χ2n) is 3.10. The smallest absolute Gasteiger partial charge is 0.200 e. The lowest BCUT2D eigenvalue weighted by Gasteiger charge is -2.28. The number of benzene rings is 1. The van der Waals surface area contributed by atoms with E-state index < -0.39 is 17.4 Å². The molecule has 2 nitrogen and oxygen atoms in total. The van der Waals surface area contributed by atoms with Crippen LogP contribution in [0.4, 0.5) is 8.78 Å². The number of aromatic hydroxyl groups is 1. The average Bonchev–Trinajstić information content (AvgIpc) is 2.03. The summed E-state index contributed by atoms with van der Waals surface area (Å²) in [5, 5.41) is 11.8. The second-order valence-corrected chi connectivity index (χ2v) is 3.10. The highest BCUT2D eigenvalue weighted by atomic mass is 19.2. The second kappa shape index (κ2) is 2.96. The summed E-state index contributed by atoms with van der Waals surface area (Å²) in [7, 11) is 0. The molecule has 1 heterocycles. The van der Waals surface area contributed by atoms with Crippen LogP contribution in [0.15, 0.2) is 12.1 Å². The van der Waals surface area contributed by atoms with E-state index in [0.29, 0.717) is 5.56 Å². The lowest BCUT2D eigenvalue weighted by atomic mass is 9.97. The van der Waals surface area contributed by atoms with Crippen LogP contribution in [0.2, 0.25) is 0 Å². The Labute approximate surface area is 74.2 Å². The molecule has 0 radical (unpaired) electrons. The predicted molar refractivity (Wildman–Crippen MR) is 43.4 cm³/mol. The summed E-state index contributed by atoms with van der Waals surface area (Å²) >= 11 is 0. The van der Waals surface area contributed by atoms with E-state index in [1.807, 2.05) is 0 Å². The number of nitrogens with one attached hydrogen (secondary N) is 1. The summed E-state index contributed by atoms with van der Waals surface area (Å²) < 4.78 is 26.0. The molecular weight excluding hydrogens is 176 g/mol. The highest BCUT2D eigenvalue weighted by molar-refractivity contribution is 5.32. The molecule has 4 heteroatoms. The fourth-order valence-corrected chi connectivity index (χ4v) is 1.38. The van der Waals surface area contributed by atoms with E-state index >= 15 is 0 Å². The van der Waals surface area contributed by atoms with E-state index in [0.717, 1.165) is 13.0 Å². The largest absolute Gasteiger partial charge is 0.505 e. The number of hydrogen-bond donors (Lipinski definition) is 2. The van der Waals surface area contributed by atoms with Crippen LogP contribution in [-0.4, -0.2) is 11.7 Å². The summed E-state index contributed by atoms with van der Waals surface area (Å²) in [6.07, 6.45) is 0.807. The summed E-state index contributed by atoms with van der Waals surface area (Å²) in [6.45, 7) is 0.826. The predicted octanol–water partition coefficient (Wildman–Crippen LogP) is 1.70. The van der Waals surface area contributed by atoms with E-state index in [4.69, 9.17) is 5.11 Å². The summed E-state index contributed by atoms with van der Waals surface area (Å²) in [5.41, 5.74) is 0.293. The first-order valence-corrected chi connectivity index (χ1v) is 4.10. The highest BCUT2D eigenvalue weighted by Crippen LogP contribution is 2.29. The van der Waals surface area contributed by atoms with Crippen molar-refractivity contribution in [3.05, 3.63) is 29.3 Å². The molecule has 0 aromatic heterocycles. The minimum atomic E-state index is -1.16. The van der Waals surface area contributed by atoms with E-state index in [2.05, 4.69) is 5.32 Å². The molecule has 1 atom stereocenters. The zero-order valence-corrected chi connectivity index (χ0v) is 6.85. The summed E-state index contributed by atoms with van der Waals surface area (Å²) in [5.74, 6) is -2.75. The van der Waals surface area contributed by atoms with Crippen molar-refractivity contribution >= 4 is 0 Å². The van der Waals surface area contributed by atoms with Crippen LogP contribution in [0, 0.1) is 11.6 Å². The van der Waals surface area contributed by atoms with Gasteiger partial charge in [0.15, 0.2) is 11.6 Å². The van der Waals surface area contributed by atoms with E-state index in [1.165, 1.54) is 12.1 Å². The molecule has 1 saturated heterocycles. The minimum Gasteiger partial charge on any atom is -0.505 e. The Balaban J connectivity index is 2.41. The number of rotatable bonds is 1. The molecule has 13 heavy (non-hydrogen) atoms. The van der Waals surface area contributed by atoms with Gasteiger partial charge < -0.3 is 10.4 Å². The summed E-state index contributed by atoms with van der Waals surface area (Å²) in [4.78, 5) is 0. The maximum Gasteiger partial charge on any atom is 0.200 e. The minimum absolute atomic E-state index is 0.102. The van der Waals surface area contributed by atoms with Crippen LogP contribution in [0.3, 0.4) is 0 Å². The van der Waals surface area contributed by atoms with Gasteiger partial charge in [-0.05, 0) is 19.0 Å². The number of phenols is 1. The van der Waals surface area contributed by atoms with Crippen molar-refractivity contribution in [3.8, 4) is 5.75 Å². The third-order valence-corrected chi connectivity index (χ3v) is 2.29. The lowest BCUT2D eigenvalue weighted by molar-refractivity contribution is 0.353. The van der Waals surface area contributed by atoms with Gasteiger partial charge in [-0.2, -0.15) is 4.39 Å². The number of halogens is 2. The van der Waals surface area contributed by atoms with Crippen molar-refractivity contribution < 1.29 is 13.9 Å². The Morgan fingerprint density at radius 1 is 1.31 bits per heavy atom. The van der Waals surface area contributed by atoms with Gasteiger partial charge in [-0.3, -0.25) is 0 Å². The highest BCUT2D eigenvalue weighted by Gasteiger charge is 2.24. The van der Waals surface area contributed by atoms with Gasteiger partial charge in [0, 0.05) is 11.6 Å². The maximum atomic E-state index is 13.2. The zero-order chi connectivity index (χ0) is 9.42. The van der Waals surface area contributed by atoms with Gasteiger partial charge in [0.1, 0.15) is 0 Å². The van der Waals surface area contributed by atoms with Crippen molar-refractivity contribution in [1.82, 2.24) is 5.32 Å². The SMILES string of the molecule is Oc1ccc([C@@H]2CCN2)c(F)c1F. The number of phenolic OH excluding ortho intramolecular Hbond substituents is 1. The third kappa shape index (κ3) is 1.27. The topological polar surface area (TPSA) is 32.3 Å². The fourth-order valence-electron chi connectivity index (χ4n) is 1.38. The van der Waals surface area contributed by atoms with Gasteiger partial charge in [-0.1, -0.05) is 6.07 Å². The normalized spacial score (nSPS) is 21.2. The van der Waals surface area contributed by atoms with Gasteiger partial charge in [0.25, 0.3) is 0 Å². The molecule has 2 N–H and O–H groups in total. The van der Waals surface area contributed by atoms with Crippen molar-refractivity contribution in [2.75, 3.05) is 6.54 Å². The molecule has 0 bridgehead atoms. The Morgan fingerprint density at radius 3 is 2.54 bits per heavy atom. The quantitative estimate of drug-likeness (QED) is 0.698. The van der Waals surface area contributed by atoms with Crippen LogP contribution in [0.25, 0.3) is 0 Å². The van der Waals surface area contributed by atoms with Gasteiger partial charge in [-0.25, -0.2) is 4.39 Å². The molecule has 0 amide bonds. The van der Waals surface area contributed by atoms with Crippen LogP contribution in [0.1, 0.15) is 18.0 Å². The van der Waals surface area contributed by atoms with Gasteiger partial charge in [0.05, 0.1) is 0 Å². The van der Waals surface area contributed by atoms with Crippen molar-refractivity contribution in [3.63, 3.8) is 0 Å². The van der Waals surface area contributed by atoms with Crippen LogP contribution < -0.4 is 5.32 Å². The average molecular weight is 185 g/mol. The lowest BCUT2D eigenvalue weighted by Crippen LogP contribution is -2.35. The van der Waals surface area contributed by atoms with Gasteiger partial charge >= 0.3 is 0 Å². The van der Waals surface area contributed by atoms with Crippen LogP contribution in [0.5, 0.6) is 5.75 Å². The molecule has 1 aromatic carbocycles. The molecule has 1 aliphatic rings. The van der Waals surface area contributed by atoms with E-state index in [-0.39, 0.29) is 6.04 Å². The molecule has 0 unspecified atom stereocenters.